The topological polar surface area (TPSA) is 203 Å². The van der Waals surface area contributed by atoms with Crippen LogP contribution in [0.15, 0.2) is 51.4 Å². The van der Waals surface area contributed by atoms with Crippen LogP contribution in [0.2, 0.25) is 0 Å². The minimum absolute atomic E-state index is 0.00678. The molecule has 6 aliphatic heterocycles. The van der Waals surface area contributed by atoms with Crippen LogP contribution in [0.4, 0.5) is 17.1 Å². The summed E-state index contributed by atoms with van der Waals surface area (Å²) < 4.78 is 31.7. The van der Waals surface area contributed by atoms with Gasteiger partial charge in [0.1, 0.15) is 11.5 Å². The van der Waals surface area contributed by atoms with Crippen LogP contribution in [-0.2, 0) is 40.2 Å². The molecule has 9 rings (SSSR count). The molecule has 0 aliphatic carbocycles. The average Bonchev–Trinajstić information content (AvgIpc) is 4.07. The van der Waals surface area contributed by atoms with Crippen molar-refractivity contribution in [2.45, 2.75) is 83.2 Å². The number of rotatable bonds is 13. The van der Waals surface area contributed by atoms with Crippen LogP contribution in [0.3, 0.4) is 0 Å². The molecule has 3 saturated heterocycles. The molecule has 3 amide bonds. The van der Waals surface area contributed by atoms with Crippen LogP contribution >= 0.6 is 7.14 Å². The summed E-state index contributed by atoms with van der Waals surface area (Å²) in [6.07, 6.45) is 13.0. The van der Waals surface area contributed by atoms with Gasteiger partial charge in [-0.3, -0.25) is 29.4 Å². The zero-order chi connectivity index (χ0) is 46.3. The predicted octanol–water partition coefficient (Wildman–Crippen LogP) is 6.26. The van der Waals surface area contributed by atoms with Gasteiger partial charge in [0, 0.05) is 108 Å². The fourth-order valence-corrected chi connectivity index (χ4v) is 11.6. The number of aliphatic hydroxyl groups excluding tert-OH is 2. The highest BCUT2D eigenvalue weighted by molar-refractivity contribution is 8.07. The fraction of sp³-hybridized carbons (Fsp3) is 0.478. The Kier molecular flexibility index (Phi) is 15.8. The van der Waals surface area contributed by atoms with Crippen molar-refractivity contribution in [3.8, 4) is 23.0 Å². The van der Waals surface area contributed by atoms with E-state index in [-0.39, 0.29) is 68.0 Å². The number of fused-ring (bicyclic) bond motifs is 6. The molecule has 346 valence electrons. The van der Waals surface area contributed by atoms with Crippen LogP contribution in [-0.4, -0.2) is 143 Å². The van der Waals surface area contributed by atoms with Gasteiger partial charge in [-0.25, -0.2) is 0 Å². The molecule has 3 N–H and O–H groups in total. The number of nitrogens with zero attached hydrogens (tertiary/aromatic N) is 6. The number of ether oxygens (including phenoxy) is 3. The van der Waals surface area contributed by atoms with Crippen molar-refractivity contribution in [1.29, 1.82) is 0 Å². The van der Waals surface area contributed by atoms with Crippen molar-refractivity contribution < 1.29 is 48.5 Å². The van der Waals surface area contributed by atoms with Gasteiger partial charge in [-0.15, -0.1) is 0 Å². The zero-order valence-electron chi connectivity index (χ0n) is 36.6. The van der Waals surface area contributed by atoms with E-state index in [1.54, 1.807) is 35.4 Å². The molecule has 16 nitrogen and oxygen atoms in total. The first-order valence-electron chi connectivity index (χ1n) is 22.1. The highest BCUT2D eigenvalue weighted by Crippen LogP contribution is 2.47. The van der Waals surface area contributed by atoms with E-state index in [1.165, 1.54) is 19.2 Å². The monoisotopic (exact) mass is 946 g/mol. The highest BCUT2D eigenvalue weighted by Gasteiger charge is 2.35. The number of carbonyl (C=O) groups is 3. The van der Waals surface area contributed by atoms with Crippen LogP contribution < -0.4 is 14.2 Å². The van der Waals surface area contributed by atoms with Crippen LogP contribution in [0.5, 0.6) is 23.0 Å². The molecule has 1 unspecified atom stereocenters. The number of hydrogen-bond acceptors (Lipinski definition) is 15. The lowest BCUT2D eigenvalue weighted by Crippen LogP contribution is -2.35. The molecule has 0 bridgehead atoms. The van der Waals surface area contributed by atoms with E-state index >= 15 is 0 Å². The molecule has 0 spiro atoms. The van der Waals surface area contributed by atoms with E-state index in [0.717, 1.165) is 51.5 Å². The van der Waals surface area contributed by atoms with Crippen molar-refractivity contribution in [2.75, 3.05) is 58.4 Å². The van der Waals surface area contributed by atoms with E-state index in [4.69, 9.17) is 19.3 Å². The Hall–Kier alpha value is -5.13. The van der Waals surface area contributed by atoms with Crippen molar-refractivity contribution in [3.63, 3.8) is 0 Å². The second-order valence-corrected chi connectivity index (χ2v) is 20.2. The van der Waals surface area contributed by atoms with Gasteiger partial charge >= 0.3 is 0 Å². The molecule has 65 heavy (non-hydrogen) atoms. The molecule has 3 fully saturated rings. The summed E-state index contributed by atoms with van der Waals surface area (Å²) in [5.41, 5.74) is 3.81. The van der Waals surface area contributed by atoms with Gasteiger partial charge in [0.2, 0.25) is 0 Å². The Morgan fingerprint density at radius 3 is 1.52 bits per heavy atom. The van der Waals surface area contributed by atoms with Gasteiger partial charge in [0.25, 0.3) is 17.7 Å². The number of methoxy groups -OCH3 is 1. The second-order valence-electron chi connectivity index (χ2n) is 16.7. The summed E-state index contributed by atoms with van der Waals surface area (Å²) in [5, 5.41) is 28.9. The number of benzene rings is 3. The Labute approximate surface area is 388 Å². The lowest BCUT2D eigenvalue weighted by atomic mass is 10.1. The Bertz CT molecular complexity index is 2320. The first-order chi connectivity index (χ1) is 31.5. The largest absolute Gasteiger partial charge is 0.508 e. The number of aliphatic imine (C=N–C) groups is 3. The number of amides is 3. The van der Waals surface area contributed by atoms with Gasteiger partial charge in [-0.05, 0) is 63.1 Å². The number of carbonyl (C=O) groups excluding carboxylic acids is 3. The first-order valence-corrected chi connectivity index (χ1v) is 25.7. The lowest BCUT2D eigenvalue weighted by Gasteiger charge is -2.21. The van der Waals surface area contributed by atoms with Crippen molar-refractivity contribution in [2.24, 2.45) is 15.0 Å². The zero-order valence-corrected chi connectivity index (χ0v) is 39.1. The van der Waals surface area contributed by atoms with Crippen LogP contribution in [0.25, 0.3) is 0 Å². The van der Waals surface area contributed by atoms with Crippen LogP contribution in [0.1, 0.15) is 94.1 Å². The maximum atomic E-state index is 14.0. The van der Waals surface area contributed by atoms with Gasteiger partial charge in [-0.1, -0.05) is 6.92 Å². The number of aromatic hydroxyl groups is 1. The molecule has 3 aromatic carbocycles. The smallest absolute Gasteiger partial charge is 0.256 e. The number of hydrogen-bond donors (Lipinski definition) is 3. The summed E-state index contributed by atoms with van der Waals surface area (Å²) >= 11 is 7.33. The van der Waals surface area contributed by atoms with E-state index in [0.29, 0.717) is 93.7 Å². The predicted molar refractivity (Wildman–Crippen MR) is 254 cm³/mol. The Morgan fingerprint density at radius 1 is 0.631 bits per heavy atom. The Balaban J connectivity index is 0.000000261. The van der Waals surface area contributed by atoms with Gasteiger partial charge < -0.3 is 48.8 Å². The summed E-state index contributed by atoms with van der Waals surface area (Å²) in [6, 6.07) is 9.82. The number of phenols is 1. The molecule has 6 heterocycles. The molecule has 6 aliphatic rings. The fourth-order valence-electron chi connectivity index (χ4n) is 9.23. The quantitative estimate of drug-likeness (QED) is 0.163. The van der Waals surface area contributed by atoms with Crippen LogP contribution in [0, 0.1) is 0 Å². The molecule has 0 aromatic heterocycles. The maximum absolute atomic E-state index is 14.0. The van der Waals surface area contributed by atoms with E-state index in [9.17, 15) is 29.2 Å². The third-order valence-electron chi connectivity index (χ3n) is 12.7. The van der Waals surface area contributed by atoms with Crippen molar-refractivity contribution in [3.05, 3.63) is 64.2 Å². The number of aliphatic hydroxyl groups is 2. The SMILES string of the molecule is CCCP(=O)(CCOc1cc2c(cc1CO)C(=O)N1CCC[C@H]1C=N2)CCOc1cc2c(cc1OC)C(=O)N1CCC[C@H]1C=N2.O=C1c2cc(CO)c(O)cc2N=C[C@@H]2CCCN12.S=S. The van der Waals surface area contributed by atoms with Crippen molar-refractivity contribution in [1.82, 2.24) is 14.7 Å². The normalized spacial score (nSPS) is 20.9. The minimum Gasteiger partial charge on any atom is -0.508 e. The maximum Gasteiger partial charge on any atom is 0.256 e. The molecular formula is C46H55N6O10PS2. The third kappa shape index (κ3) is 10.3. The summed E-state index contributed by atoms with van der Waals surface area (Å²) in [5.74, 6) is 1.10. The second kappa shape index (κ2) is 21.5. The lowest BCUT2D eigenvalue weighted by molar-refractivity contribution is 0.0766. The van der Waals surface area contributed by atoms with Crippen molar-refractivity contribution >= 4 is 82.9 Å². The summed E-state index contributed by atoms with van der Waals surface area (Å²) in [7, 11) is -1.15. The molecule has 0 radical (unpaired) electrons. The molecule has 3 aromatic rings. The molecule has 0 saturated carbocycles. The van der Waals surface area contributed by atoms with Gasteiger partial charge in [0.15, 0.2) is 11.5 Å². The van der Waals surface area contributed by atoms with Gasteiger partial charge in [-0.2, -0.15) is 0 Å². The molecular weight excluding hydrogens is 892 g/mol. The van der Waals surface area contributed by atoms with E-state index < -0.39 is 7.14 Å². The summed E-state index contributed by atoms with van der Waals surface area (Å²) in [4.78, 5) is 57.6. The highest BCUT2D eigenvalue weighted by atomic mass is 32.8. The molecule has 4 atom stereocenters. The standard InChI is InChI=1S/C33H41N4O7P.C13H14N2O3.S2/c1-3-12-45(41,13-10-43-29-17-27-25(15-22(29)21-38)32(39)36-8-4-6-23(36)19-34-27)14-11-44-31-18-28-26(16-30(31)42-2)33(40)37-9-5-7-24(37)20-35-28;16-7-8-4-10-11(5-12(8)17)14-6-9-2-1-3-15(9)13(10)18;1-2/h15-20,23-24,38H,3-14,21H2,1-2H3;4-6,9,16-17H,1-3,7H2;/t23-,24-,45?;9-;/m00./s1. The summed E-state index contributed by atoms with van der Waals surface area (Å²) in [6.45, 7) is 3.96. The Morgan fingerprint density at radius 2 is 1.06 bits per heavy atom. The van der Waals surface area contributed by atoms with E-state index in [1.807, 2.05) is 29.2 Å². The van der Waals surface area contributed by atoms with E-state index in [2.05, 4.69) is 37.4 Å². The molecule has 19 heteroatoms. The van der Waals surface area contributed by atoms with Gasteiger partial charge in [0.05, 0.1) is 92.6 Å². The first kappa shape index (κ1) is 47.8. The average molecular weight is 947 g/mol. The third-order valence-corrected chi connectivity index (χ3v) is 15.9. The minimum atomic E-state index is -2.68.